The lowest BCUT2D eigenvalue weighted by atomic mass is 10.1. The number of hydrogen-bond acceptors (Lipinski definition) is 8. The van der Waals surface area contributed by atoms with Crippen molar-refractivity contribution in [3.63, 3.8) is 0 Å². The molecule has 0 saturated carbocycles. The molecule has 5 unspecified atom stereocenters. The number of likely N-dealkylation sites (tertiary alicyclic amines) is 1. The molecule has 0 aliphatic carbocycles. The Balaban J connectivity index is 2.80. The molecule has 164 valence electrons. The molecule has 1 aliphatic rings. The summed E-state index contributed by atoms with van der Waals surface area (Å²) in [6, 6.07) is -4.82. The maximum atomic E-state index is 12.6. The Hall–Kier alpha value is -2.38. The van der Waals surface area contributed by atoms with Gasteiger partial charge in [0.1, 0.15) is 24.2 Å². The van der Waals surface area contributed by atoms with Gasteiger partial charge in [0.25, 0.3) is 0 Å². The molecule has 1 heterocycles. The molecule has 0 spiro atoms. The van der Waals surface area contributed by atoms with Crippen LogP contribution in [0.5, 0.6) is 0 Å². The molecule has 12 nitrogen and oxygen atoms in total. The lowest BCUT2D eigenvalue weighted by molar-refractivity contribution is -0.144. The van der Waals surface area contributed by atoms with Crippen LogP contribution >= 0.6 is 12.6 Å². The number of nitrogens with two attached hydrogens (primary N) is 2. The Kier molecular flexibility index (Phi) is 9.33. The number of nitrogens with zero attached hydrogens (tertiary/aromatic N) is 1. The normalized spacial score (nSPS) is 20.3. The van der Waals surface area contributed by atoms with Crippen LogP contribution in [0.15, 0.2) is 0 Å². The van der Waals surface area contributed by atoms with Gasteiger partial charge in [0.2, 0.25) is 23.6 Å². The number of aliphatic hydroxyl groups is 1. The number of nitrogens with one attached hydrogen (secondary N) is 2. The Bertz CT molecular complexity index is 660. The largest absolute Gasteiger partial charge is 0.480 e. The van der Waals surface area contributed by atoms with Gasteiger partial charge in [0.05, 0.1) is 12.5 Å². The van der Waals surface area contributed by atoms with Crippen LogP contribution < -0.4 is 22.1 Å². The average Bonchev–Trinajstić information content (AvgIpc) is 3.13. The van der Waals surface area contributed by atoms with Gasteiger partial charge in [-0.05, 0) is 19.8 Å². The standard InChI is InChI=1S/C16H27N5O7S/c1-7(22)12(18)15(26)21-4-2-3-10(21)14(25)20-9(6-29)13(24)19-8(16(27)28)5-11(17)23/h7-10,12,22,29H,2-6,18H2,1H3,(H2,17,23)(H,19,24)(H,20,25)(H,27,28). The second-order valence-electron chi connectivity index (χ2n) is 6.77. The van der Waals surface area contributed by atoms with Crippen LogP contribution in [-0.2, 0) is 24.0 Å². The first-order valence-corrected chi connectivity index (χ1v) is 9.59. The van der Waals surface area contributed by atoms with Crippen LogP contribution in [0.4, 0.5) is 0 Å². The van der Waals surface area contributed by atoms with Crippen LogP contribution in [0.1, 0.15) is 26.2 Å². The van der Waals surface area contributed by atoms with Crippen LogP contribution in [0.3, 0.4) is 0 Å². The smallest absolute Gasteiger partial charge is 0.326 e. The molecular weight excluding hydrogens is 406 g/mol. The van der Waals surface area contributed by atoms with Gasteiger partial charge in [-0.1, -0.05) is 0 Å². The SMILES string of the molecule is CC(O)C(N)C(=O)N1CCCC1C(=O)NC(CS)C(=O)NC(CC(N)=O)C(=O)O. The zero-order valence-corrected chi connectivity index (χ0v) is 16.8. The van der Waals surface area contributed by atoms with E-state index in [1.54, 1.807) is 0 Å². The van der Waals surface area contributed by atoms with Crippen molar-refractivity contribution < 1.29 is 34.2 Å². The molecule has 0 aromatic carbocycles. The third-order valence-corrected chi connectivity index (χ3v) is 4.84. The van der Waals surface area contributed by atoms with Crippen LogP contribution in [-0.4, -0.2) is 87.3 Å². The highest BCUT2D eigenvalue weighted by atomic mass is 32.1. The summed E-state index contributed by atoms with van der Waals surface area (Å²) in [6.07, 6.45) is -0.838. The van der Waals surface area contributed by atoms with Gasteiger partial charge in [0.15, 0.2) is 0 Å². The first kappa shape index (κ1) is 24.7. The fourth-order valence-electron chi connectivity index (χ4n) is 2.84. The highest BCUT2D eigenvalue weighted by Gasteiger charge is 2.38. The molecular formula is C16H27N5O7S. The molecule has 1 saturated heterocycles. The van der Waals surface area contributed by atoms with Crippen LogP contribution in [0.25, 0.3) is 0 Å². The zero-order valence-electron chi connectivity index (χ0n) is 15.9. The fourth-order valence-corrected chi connectivity index (χ4v) is 3.09. The minimum absolute atomic E-state index is 0.158. The van der Waals surface area contributed by atoms with E-state index in [0.717, 1.165) is 0 Å². The third-order valence-electron chi connectivity index (χ3n) is 4.48. The van der Waals surface area contributed by atoms with Gasteiger partial charge < -0.3 is 37.2 Å². The van der Waals surface area contributed by atoms with Gasteiger partial charge in [0, 0.05) is 12.3 Å². The number of aliphatic carboxylic acids is 1. The second-order valence-corrected chi connectivity index (χ2v) is 7.13. The van der Waals surface area contributed by atoms with E-state index >= 15 is 0 Å². The van der Waals surface area contributed by atoms with Crippen molar-refractivity contribution in [2.24, 2.45) is 11.5 Å². The van der Waals surface area contributed by atoms with Gasteiger partial charge in [-0.25, -0.2) is 4.79 Å². The number of carboxylic acids is 1. The molecule has 5 atom stereocenters. The van der Waals surface area contributed by atoms with E-state index in [1.165, 1.54) is 11.8 Å². The first-order chi connectivity index (χ1) is 13.5. The highest BCUT2D eigenvalue weighted by Crippen LogP contribution is 2.19. The Morgan fingerprint density at radius 3 is 2.31 bits per heavy atom. The Morgan fingerprint density at radius 2 is 1.83 bits per heavy atom. The summed E-state index contributed by atoms with van der Waals surface area (Å²) in [5.41, 5.74) is 10.6. The number of amides is 4. The number of carbonyl (C=O) groups is 5. The number of carboxylic acid groups (broad SMARTS) is 1. The molecule has 8 N–H and O–H groups in total. The molecule has 29 heavy (non-hydrogen) atoms. The van der Waals surface area contributed by atoms with Crippen molar-refractivity contribution in [2.45, 2.75) is 56.5 Å². The van der Waals surface area contributed by atoms with Gasteiger partial charge in [-0.15, -0.1) is 0 Å². The summed E-state index contributed by atoms with van der Waals surface area (Å²) in [4.78, 5) is 60.6. The summed E-state index contributed by atoms with van der Waals surface area (Å²) >= 11 is 3.99. The average molecular weight is 433 g/mol. The minimum atomic E-state index is -1.55. The number of thiol groups is 1. The maximum Gasteiger partial charge on any atom is 0.326 e. The minimum Gasteiger partial charge on any atom is -0.480 e. The lowest BCUT2D eigenvalue weighted by Gasteiger charge is -2.29. The summed E-state index contributed by atoms with van der Waals surface area (Å²) < 4.78 is 0. The van der Waals surface area contributed by atoms with E-state index in [1.807, 2.05) is 0 Å². The zero-order chi connectivity index (χ0) is 22.3. The van der Waals surface area contributed by atoms with E-state index in [4.69, 9.17) is 16.6 Å². The number of rotatable bonds is 10. The number of primary amides is 1. The summed E-state index contributed by atoms with van der Waals surface area (Å²) in [7, 11) is 0. The predicted octanol–water partition coefficient (Wildman–Crippen LogP) is -3.46. The van der Waals surface area contributed by atoms with E-state index in [2.05, 4.69) is 23.3 Å². The first-order valence-electron chi connectivity index (χ1n) is 8.96. The van der Waals surface area contributed by atoms with Crippen LogP contribution in [0, 0.1) is 0 Å². The van der Waals surface area contributed by atoms with Gasteiger partial charge in [-0.3, -0.25) is 19.2 Å². The van der Waals surface area contributed by atoms with E-state index in [0.29, 0.717) is 12.8 Å². The van der Waals surface area contributed by atoms with E-state index in [9.17, 15) is 29.1 Å². The van der Waals surface area contributed by atoms with E-state index in [-0.39, 0.29) is 12.3 Å². The second kappa shape index (κ2) is 11.0. The molecule has 4 amide bonds. The highest BCUT2D eigenvalue weighted by molar-refractivity contribution is 7.80. The van der Waals surface area contributed by atoms with Crippen molar-refractivity contribution in [1.29, 1.82) is 0 Å². The van der Waals surface area contributed by atoms with Gasteiger partial charge in [-0.2, -0.15) is 12.6 Å². The van der Waals surface area contributed by atoms with Gasteiger partial charge >= 0.3 is 5.97 Å². The van der Waals surface area contributed by atoms with Crippen molar-refractivity contribution in [1.82, 2.24) is 15.5 Å². The quantitative estimate of drug-likeness (QED) is 0.172. The van der Waals surface area contributed by atoms with Crippen LogP contribution in [0.2, 0.25) is 0 Å². The summed E-state index contributed by atoms with van der Waals surface area (Å²) in [5, 5.41) is 23.1. The van der Waals surface area contributed by atoms with Crippen molar-refractivity contribution in [3.05, 3.63) is 0 Å². The maximum absolute atomic E-state index is 12.6. The summed E-state index contributed by atoms with van der Waals surface area (Å²) in [5.74, 6) is -4.62. The molecule has 1 aliphatic heterocycles. The van der Waals surface area contributed by atoms with Crippen molar-refractivity contribution in [3.8, 4) is 0 Å². The molecule has 0 bridgehead atoms. The molecule has 0 radical (unpaired) electrons. The number of aliphatic hydroxyl groups excluding tert-OH is 1. The summed E-state index contributed by atoms with van der Waals surface area (Å²) in [6.45, 7) is 1.63. The molecule has 0 aromatic heterocycles. The monoisotopic (exact) mass is 433 g/mol. The Labute approximate surface area is 172 Å². The number of carbonyl (C=O) groups excluding carboxylic acids is 4. The topological polar surface area (TPSA) is 205 Å². The molecule has 1 rings (SSSR count). The third kappa shape index (κ3) is 6.87. The number of hydrogen-bond donors (Lipinski definition) is 7. The molecule has 13 heteroatoms. The fraction of sp³-hybridized carbons (Fsp3) is 0.688. The van der Waals surface area contributed by atoms with Crippen molar-refractivity contribution in [2.75, 3.05) is 12.3 Å². The lowest BCUT2D eigenvalue weighted by Crippen LogP contribution is -2.58. The molecule has 0 aromatic rings. The van der Waals surface area contributed by atoms with E-state index < -0.39 is 66.3 Å². The Morgan fingerprint density at radius 1 is 1.21 bits per heavy atom. The van der Waals surface area contributed by atoms with Crippen molar-refractivity contribution >= 4 is 42.2 Å². The predicted molar refractivity (Wildman–Crippen MR) is 104 cm³/mol. The molecule has 1 fully saturated rings.